The summed E-state index contributed by atoms with van der Waals surface area (Å²) < 4.78 is 11.6. The van der Waals surface area contributed by atoms with Crippen molar-refractivity contribution in [1.29, 1.82) is 5.26 Å². The first-order valence-electron chi connectivity index (χ1n) is 7.29. The van der Waals surface area contributed by atoms with Gasteiger partial charge in [0.25, 0.3) is 0 Å². The number of amides is 1. The summed E-state index contributed by atoms with van der Waals surface area (Å²) in [6.07, 6.45) is 2.57. The Morgan fingerprint density at radius 1 is 1.38 bits per heavy atom. The van der Waals surface area contributed by atoms with E-state index in [0.29, 0.717) is 18.1 Å². The van der Waals surface area contributed by atoms with Gasteiger partial charge >= 0.3 is 0 Å². The number of hydrogen-bond donors (Lipinski definition) is 1. The number of benzene rings is 1. The number of nitrogens with one attached hydrogen (secondary N) is 1. The van der Waals surface area contributed by atoms with Gasteiger partial charge in [-0.3, -0.25) is 4.79 Å². The molecule has 112 valence electrons. The first-order valence-corrected chi connectivity index (χ1v) is 7.29. The maximum Gasteiger partial charge on any atom is 0.234 e. The zero-order valence-corrected chi connectivity index (χ0v) is 12.2. The van der Waals surface area contributed by atoms with E-state index in [1.54, 1.807) is 0 Å². The van der Waals surface area contributed by atoms with Gasteiger partial charge < -0.3 is 14.8 Å². The fraction of sp³-hybridized carbons (Fsp3) is 0.500. The second-order valence-corrected chi connectivity index (χ2v) is 4.98. The van der Waals surface area contributed by atoms with E-state index in [1.807, 2.05) is 37.3 Å². The predicted molar refractivity (Wildman–Crippen MR) is 78.0 cm³/mol. The highest BCUT2D eigenvalue weighted by Gasteiger charge is 2.30. The lowest BCUT2D eigenvalue weighted by molar-refractivity contribution is -0.121. The number of nitrogens with zero attached hydrogens (tertiary/aromatic N) is 1. The van der Waals surface area contributed by atoms with Crippen LogP contribution < -0.4 is 14.8 Å². The monoisotopic (exact) mass is 288 g/mol. The lowest BCUT2D eigenvalue weighted by Gasteiger charge is -2.23. The largest absolute Gasteiger partial charge is 0.490 e. The molecule has 2 rings (SSSR count). The Hall–Kier alpha value is -2.22. The number of nitriles is 1. The van der Waals surface area contributed by atoms with Gasteiger partial charge in [0.1, 0.15) is 12.5 Å². The van der Waals surface area contributed by atoms with Gasteiger partial charge in [0.05, 0.1) is 18.7 Å². The Bertz CT molecular complexity index is 524. The molecule has 0 unspecified atom stereocenters. The minimum atomic E-state index is -0.240. The van der Waals surface area contributed by atoms with Crippen LogP contribution in [-0.4, -0.2) is 24.7 Å². The Morgan fingerprint density at radius 2 is 2.14 bits per heavy atom. The van der Waals surface area contributed by atoms with E-state index < -0.39 is 0 Å². The van der Waals surface area contributed by atoms with Gasteiger partial charge in [-0.15, -0.1) is 0 Å². The molecule has 0 aliphatic heterocycles. The Kier molecular flexibility index (Phi) is 5.44. The standard InChI is InChI=1S/C16H20N2O3/c1-2-20-14-7-3-4-8-15(14)21-13-9-5-6-12(13)18-16(19)10-11-17/h3-4,7-8,12-13H,2,5-6,9-10H2,1H3,(H,18,19)/t12-,13+/m1/s1. The van der Waals surface area contributed by atoms with E-state index in [2.05, 4.69) is 5.32 Å². The lowest BCUT2D eigenvalue weighted by Crippen LogP contribution is -2.42. The Labute approximate surface area is 124 Å². The van der Waals surface area contributed by atoms with Crippen LogP contribution in [0, 0.1) is 11.3 Å². The average Bonchev–Trinajstić information content (AvgIpc) is 2.89. The van der Waals surface area contributed by atoms with Crippen molar-refractivity contribution in [1.82, 2.24) is 5.32 Å². The summed E-state index contributed by atoms with van der Waals surface area (Å²) in [6.45, 7) is 2.50. The van der Waals surface area contributed by atoms with Crippen LogP contribution in [0.4, 0.5) is 0 Å². The third-order valence-electron chi connectivity index (χ3n) is 3.47. The SMILES string of the molecule is CCOc1ccccc1O[C@H]1CCC[C@H]1NC(=O)CC#N. The summed E-state index contributed by atoms with van der Waals surface area (Å²) >= 11 is 0. The first-order chi connectivity index (χ1) is 10.2. The quantitative estimate of drug-likeness (QED) is 0.872. The molecule has 1 aliphatic carbocycles. The molecule has 0 bridgehead atoms. The highest BCUT2D eigenvalue weighted by molar-refractivity contribution is 5.78. The maximum atomic E-state index is 11.6. The molecule has 0 radical (unpaired) electrons. The van der Waals surface area contributed by atoms with Crippen molar-refractivity contribution in [2.75, 3.05) is 6.61 Å². The Balaban J connectivity index is 2.01. The minimum absolute atomic E-state index is 0.0412. The number of ether oxygens (including phenoxy) is 2. The van der Waals surface area contributed by atoms with E-state index in [-0.39, 0.29) is 24.5 Å². The van der Waals surface area contributed by atoms with Crippen molar-refractivity contribution in [3.8, 4) is 17.6 Å². The third kappa shape index (κ3) is 4.12. The molecule has 0 aromatic heterocycles. The van der Waals surface area contributed by atoms with Crippen LogP contribution in [0.25, 0.3) is 0 Å². The normalized spacial score (nSPS) is 20.6. The van der Waals surface area contributed by atoms with Crippen LogP contribution in [0.2, 0.25) is 0 Å². The fourth-order valence-corrected chi connectivity index (χ4v) is 2.55. The number of rotatable bonds is 6. The highest BCUT2D eigenvalue weighted by Crippen LogP contribution is 2.31. The molecule has 0 spiro atoms. The molecule has 0 saturated heterocycles. The molecule has 1 aromatic rings. The van der Waals surface area contributed by atoms with Crippen LogP contribution >= 0.6 is 0 Å². The predicted octanol–water partition coefficient (Wildman–Crippen LogP) is 2.42. The summed E-state index contributed by atoms with van der Waals surface area (Å²) in [5, 5.41) is 11.4. The van der Waals surface area contributed by atoms with E-state index in [0.717, 1.165) is 19.3 Å². The second kappa shape index (κ2) is 7.53. The van der Waals surface area contributed by atoms with Crippen molar-refractivity contribution in [2.45, 2.75) is 44.8 Å². The molecule has 5 nitrogen and oxygen atoms in total. The van der Waals surface area contributed by atoms with Gasteiger partial charge in [-0.2, -0.15) is 5.26 Å². The zero-order chi connectivity index (χ0) is 15.1. The number of para-hydroxylation sites is 2. The molecule has 1 aliphatic rings. The molecule has 1 aromatic carbocycles. The van der Waals surface area contributed by atoms with Gasteiger partial charge in [-0.25, -0.2) is 0 Å². The van der Waals surface area contributed by atoms with Crippen molar-refractivity contribution in [3.63, 3.8) is 0 Å². The van der Waals surface area contributed by atoms with Crippen LogP contribution in [-0.2, 0) is 4.79 Å². The minimum Gasteiger partial charge on any atom is -0.490 e. The first kappa shape index (κ1) is 15.2. The van der Waals surface area contributed by atoms with Crippen molar-refractivity contribution in [2.24, 2.45) is 0 Å². The smallest absolute Gasteiger partial charge is 0.234 e. The van der Waals surface area contributed by atoms with Gasteiger partial charge in [0.2, 0.25) is 5.91 Å². The highest BCUT2D eigenvalue weighted by atomic mass is 16.5. The summed E-state index contributed by atoms with van der Waals surface area (Å²) in [7, 11) is 0. The number of carbonyl (C=O) groups excluding carboxylic acids is 1. The molecular weight excluding hydrogens is 268 g/mol. The van der Waals surface area contributed by atoms with Crippen LogP contribution in [0.3, 0.4) is 0 Å². The molecule has 1 N–H and O–H groups in total. The fourth-order valence-electron chi connectivity index (χ4n) is 2.55. The molecule has 21 heavy (non-hydrogen) atoms. The summed E-state index contributed by atoms with van der Waals surface area (Å²) in [4.78, 5) is 11.6. The van der Waals surface area contributed by atoms with Crippen LogP contribution in [0.5, 0.6) is 11.5 Å². The van der Waals surface area contributed by atoms with Crippen molar-refractivity contribution < 1.29 is 14.3 Å². The van der Waals surface area contributed by atoms with E-state index >= 15 is 0 Å². The topological polar surface area (TPSA) is 71.3 Å². The van der Waals surface area contributed by atoms with Gasteiger partial charge in [0, 0.05) is 0 Å². The zero-order valence-electron chi connectivity index (χ0n) is 12.2. The molecule has 0 heterocycles. The summed E-state index contributed by atoms with van der Waals surface area (Å²) in [5.74, 6) is 1.18. The van der Waals surface area contributed by atoms with Crippen LogP contribution in [0.1, 0.15) is 32.6 Å². The van der Waals surface area contributed by atoms with Crippen molar-refractivity contribution >= 4 is 5.91 Å². The molecule has 1 amide bonds. The number of carbonyl (C=O) groups is 1. The van der Waals surface area contributed by atoms with E-state index in [9.17, 15) is 4.79 Å². The average molecular weight is 288 g/mol. The molecule has 2 atom stereocenters. The van der Waals surface area contributed by atoms with E-state index in [1.165, 1.54) is 0 Å². The molecular formula is C16H20N2O3. The van der Waals surface area contributed by atoms with Gasteiger partial charge in [0.15, 0.2) is 11.5 Å². The van der Waals surface area contributed by atoms with Crippen LogP contribution in [0.15, 0.2) is 24.3 Å². The lowest BCUT2D eigenvalue weighted by atomic mass is 10.2. The second-order valence-electron chi connectivity index (χ2n) is 4.98. The summed E-state index contributed by atoms with van der Waals surface area (Å²) in [6, 6.07) is 9.36. The van der Waals surface area contributed by atoms with Gasteiger partial charge in [-0.1, -0.05) is 12.1 Å². The maximum absolute atomic E-state index is 11.6. The van der Waals surface area contributed by atoms with E-state index in [4.69, 9.17) is 14.7 Å². The summed E-state index contributed by atoms with van der Waals surface area (Å²) in [5.41, 5.74) is 0. The number of hydrogen-bond acceptors (Lipinski definition) is 4. The molecule has 1 fully saturated rings. The van der Waals surface area contributed by atoms with Crippen molar-refractivity contribution in [3.05, 3.63) is 24.3 Å². The third-order valence-corrected chi connectivity index (χ3v) is 3.47. The Morgan fingerprint density at radius 3 is 2.86 bits per heavy atom. The molecule has 5 heteroatoms. The molecule has 1 saturated carbocycles. The van der Waals surface area contributed by atoms with Gasteiger partial charge in [-0.05, 0) is 38.3 Å².